The van der Waals surface area contributed by atoms with Crippen LogP contribution in [0.2, 0.25) is 0 Å². The summed E-state index contributed by atoms with van der Waals surface area (Å²) < 4.78 is 0.700. The smallest absolute Gasteiger partial charge is 0.241 e. The van der Waals surface area contributed by atoms with Gasteiger partial charge >= 0.3 is 0 Å². The lowest BCUT2D eigenvalue weighted by Gasteiger charge is -2.49. The zero-order valence-electron chi connectivity index (χ0n) is 24.1. The first-order valence-corrected chi connectivity index (χ1v) is 15.4. The number of fused-ring (bicyclic) bond motifs is 4. The number of Topliss-reactive ketones (excluding diaryl/α,β-unsaturated/α-hetero) is 1. The van der Waals surface area contributed by atoms with Gasteiger partial charge in [0.05, 0.1) is 34.5 Å². The van der Waals surface area contributed by atoms with Crippen LogP contribution in [-0.2, 0) is 19.2 Å². The van der Waals surface area contributed by atoms with Crippen molar-refractivity contribution >= 4 is 56.7 Å². The number of halogens is 1. The molecule has 9 heteroatoms. The Bertz CT molecular complexity index is 1800. The Kier molecular flexibility index (Phi) is 6.51. The highest BCUT2D eigenvalue weighted by Crippen LogP contribution is 2.64. The molecule has 0 radical (unpaired) electrons. The molecule has 0 aromatic heterocycles. The molecule has 0 unspecified atom stereocenters. The summed E-state index contributed by atoms with van der Waals surface area (Å²) in [6, 6.07) is 20.2. The molecule has 1 N–H and O–H groups in total. The van der Waals surface area contributed by atoms with Crippen molar-refractivity contribution in [3.63, 3.8) is 0 Å². The quantitative estimate of drug-likeness (QED) is 0.217. The van der Waals surface area contributed by atoms with Gasteiger partial charge in [0.1, 0.15) is 5.75 Å². The zero-order chi connectivity index (χ0) is 31.1. The number of hydrogen-bond donors (Lipinski definition) is 1. The van der Waals surface area contributed by atoms with Crippen molar-refractivity contribution in [2.75, 3.05) is 9.80 Å². The van der Waals surface area contributed by atoms with Gasteiger partial charge in [0.15, 0.2) is 5.78 Å². The fourth-order valence-electron chi connectivity index (χ4n) is 8.04. The SMILES string of the molecule is CC(=O)c1ccc(N2C(=O)[C@H]3[C@H](CC=C4[C@H]3C[C@H]3C(=O)N(c5ccccc5)C(=O)[C@@]3(C)[C@H]4c3cc(Br)ccc3O)C2=O)cc1. The molecular formula is C35H29BrN2O6. The number of anilines is 2. The Morgan fingerprint density at radius 1 is 0.864 bits per heavy atom. The van der Waals surface area contributed by atoms with Gasteiger partial charge in [-0.15, -0.1) is 0 Å². The number of amides is 4. The first kappa shape index (κ1) is 28.4. The minimum Gasteiger partial charge on any atom is -0.508 e. The van der Waals surface area contributed by atoms with Gasteiger partial charge in [-0.2, -0.15) is 0 Å². The number of allylic oxidation sites excluding steroid dienone is 2. The van der Waals surface area contributed by atoms with Crippen LogP contribution in [0, 0.1) is 29.1 Å². The first-order valence-electron chi connectivity index (χ1n) is 14.6. The van der Waals surface area contributed by atoms with Crippen molar-refractivity contribution in [2.45, 2.75) is 32.6 Å². The first-order chi connectivity index (χ1) is 21.0. The summed E-state index contributed by atoms with van der Waals surface area (Å²) in [5.74, 6) is -4.86. The average molecular weight is 654 g/mol. The summed E-state index contributed by atoms with van der Waals surface area (Å²) in [5, 5.41) is 11.2. The van der Waals surface area contributed by atoms with Crippen LogP contribution in [0.25, 0.3) is 0 Å². The van der Waals surface area contributed by atoms with E-state index >= 15 is 0 Å². The van der Waals surface area contributed by atoms with Crippen molar-refractivity contribution in [3.05, 3.63) is 100 Å². The van der Waals surface area contributed by atoms with E-state index in [4.69, 9.17) is 0 Å². The van der Waals surface area contributed by atoms with Gasteiger partial charge in [-0.25, -0.2) is 4.90 Å². The highest BCUT2D eigenvalue weighted by Gasteiger charge is 2.68. The van der Waals surface area contributed by atoms with Gasteiger partial charge in [-0.3, -0.25) is 28.9 Å². The molecule has 222 valence electrons. The highest BCUT2D eigenvalue weighted by atomic mass is 79.9. The maximum absolute atomic E-state index is 14.4. The number of benzene rings is 3. The Balaban J connectivity index is 1.36. The van der Waals surface area contributed by atoms with Gasteiger partial charge in [0.25, 0.3) is 0 Å². The molecule has 3 aromatic rings. The molecule has 1 saturated carbocycles. The minimum absolute atomic E-state index is 0.0127. The van der Waals surface area contributed by atoms with Gasteiger partial charge in [-0.05, 0) is 87.2 Å². The van der Waals surface area contributed by atoms with Crippen molar-refractivity contribution in [2.24, 2.45) is 29.1 Å². The Hall–Kier alpha value is -4.37. The Morgan fingerprint density at radius 2 is 1.55 bits per heavy atom. The third kappa shape index (κ3) is 3.91. The summed E-state index contributed by atoms with van der Waals surface area (Å²) in [5.41, 5.74) is 1.39. The van der Waals surface area contributed by atoms with Gasteiger partial charge in [0.2, 0.25) is 23.6 Å². The number of carbonyl (C=O) groups is 5. The molecular weight excluding hydrogens is 624 g/mol. The number of phenols is 1. The van der Waals surface area contributed by atoms with E-state index in [-0.39, 0.29) is 41.6 Å². The number of phenolic OH excluding ortho intramolecular Hbond substituents is 1. The van der Waals surface area contributed by atoms with Crippen molar-refractivity contribution in [1.82, 2.24) is 0 Å². The number of aromatic hydroxyl groups is 1. The van der Waals surface area contributed by atoms with Crippen LogP contribution in [0.5, 0.6) is 5.75 Å². The fraction of sp³-hybridized carbons (Fsp3) is 0.286. The van der Waals surface area contributed by atoms with Crippen LogP contribution >= 0.6 is 15.9 Å². The fourth-order valence-corrected chi connectivity index (χ4v) is 8.42. The van der Waals surface area contributed by atoms with Crippen LogP contribution in [0.15, 0.2) is 88.9 Å². The Morgan fingerprint density at radius 3 is 2.23 bits per heavy atom. The molecule has 6 atom stereocenters. The van der Waals surface area contributed by atoms with Crippen LogP contribution in [0.1, 0.15) is 48.5 Å². The van der Waals surface area contributed by atoms with E-state index in [9.17, 15) is 29.1 Å². The summed E-state index contributed by atoms with van der Waals surface area (Å²) >= 11 is 3.51. The molecule has 0 spiro atoms. The second kappa shape index (κ2) is 10.1. The number of carbonyl (C=O) groups excluding carboxylic acids is 5. The number of ketones is 1. The summed E-state index contributed by atoms with van der Waals surface area (Å²) in [7, 11) is 0. The topological polar surface area (TPSA) is 112 Å². The normalized spacial score (nSPS) is 29.3. The van der Waals surface area contributed by atoms with E-state index in [2.05, 4.69) is 15.9 Å². The largest absolute Gasteiger partial charge is 0.508 e. The molecule has 2 heterocycles. The molecule has 3 fully saturated rings. The second-order valence-electron chi connectivity index (χ2n) is 12.3. The number of imide groups is 2. The predicted molar refractivity (Wildman–Crippen MR) is 166 cm³/mol. The zero-order valence-corrected chi connectivity index (χ0v) is 25.7. The van der Waals surface area contributed by atoms with Crippen molar-refractivity contribution < 1.29 is 29.1 Å². The van der Waals surface area contributed by atoms with Crippen molar-refractivity contribution in [1.29, 1.82) is 0 Å². The standard InChI is InChI=1S/C35H29BrN2O6/c1-18(39)19-8-11-22(12-9-19)37-31(41)24-14-13-23-25(29(24)33(37)43)17-27-32(42)38(21-6-4-3-5-7-21)34(44)35(27,2)30(23)26-16-20(36)10-15-28(26)40/h3-13,15-16,24-25,27,29-30,40H,14,17H2,1-2H3/t24-,25+,27-,29-,30+,35+/m0/s1. The molecule has 7 rings (SSSR count). The van der Waals surface area contributed by atoms with Gasteiger partial charge in [0, 0.05) is 21.5 Å². The van der Waals surface area contributed by atoms with Crippen LogP contribution in [-0.4, -0.2) is 34.5 Å². The molecule has 2 aliphatic carbocycles. The summed E-state index contributed by atoms with van der Waals surface area (Å²) in [6.45, 7) is 3.24. The summed E-state index contributed by atoms with van der Waals surface area (Å²) in [6.07, 6.45) is 2.47. The van der Waals surface area contributed by atoms with E-state index in [0.29, 0.717) is 33.4 Å². The number of rotatable bonds is 4. The van der Waals surface area contributed by atoms with Gasteiger partial charge < -0.3 is 5.11 Å². The molecule has 8 nitrogen and oxygen atoms in total. The molecule has 44 heavy (non-hydrogen) atoms. The third-order valence-electron chi connectivity index (χ3n) is 10.1. The molecule has 2 aliphatic heterocycles. The number of nitrogens with zero attached hydrogens (tertiary/aromatic N) is 2. The van der Waals surface area contributed by atoms with E-state index < -0.39 is 35.0 Å². The highest BCUT2D eigenvalue weighted by molar-refractivity contribution is 9.10. The monoisotopic (exact) mass is 652 g/mol. The minimum atomic E-state index is -1.24. The van der Waals surface area contributed by atoms with Crippen LogP contribution in [0.3, 0.4) is 0 Å². The van der Waals surface area contributed by atoms with Gasteiger partial charge in [-0.1, -0.05) is 45.8 Å². The van der Waals surface area contributed by atoms with Crippen LogP contribution < -0.4 is 9.80 Å². The lowest BCUT2D eigenvalue weighted by atomic mass is 9.51. The molecule has 4 amide bonds. The predicted octanol–water partition coefficient (Wildman–Crippen LogP) is 5.79. The second-order valence-corrected chi connectivity index (χ2v) is 13.2. The van der Waals surface area contributed by atoms with E-state index in [1.54, 1.807) is 73.7 Å². The van der Waals surface area contributed by atoms with E-state index in [1.807, 2.05) is 12.1 Å². The number of hydrogen-bond acceptors (Lipinski definition) is 6. The molecule has 3 aromatic carbocycles. The van der Waals surface area contributed by atoms with Crippen LogP contribution in [0.4, 0.5) is 11.4 Å². The Labute approximate surface area is 262 Å². The maximum Gasteiger partial charge on any atom is 0.241 e. The lowest BCUT2D eigenvalue weighted by molar-refractivity contribution is -0.131. The molecule has 0 bridgehead atoms. The van der Waals surface area contributed by atoms with Crippen molar-refractivity contribution in [3.8, 4) is 5.75 Å². The average Bonchev–Trinajstić information content (AvgIpc) is 3.38. The maximum atomic E-state index is 14.4. The third-order valence-corrected chi connectivity index (χ3v) is 10.6. The van der Waals surface area contributed by atoms with E-state index in [0.717, 1.165) is 5.57 Å². The lowest BCUT2D eigenvalue weighted by Crippen LogP contribution is -2.48. The summed E-state index contributed by atoms with van der Waals surface area (Å²) in [4.78, 5) is 70.8. The molecule has 2 saturated heterocycles. The van der Waals surface area contributed by atoms with E-state index in [1.165, 1.54) is 16.7 Å². The molecule has 4 aliphatic rings. The number of para-hydroxylation sites is 1.